The van der Waals surface area contributed by atoms with Crippen molar-refractivity contribution < 1.29 is 4.79 Å². The van der Waals surface area contributed by atoms with Gasteiger partial charge in [-0.2, -0.15) is 0 Å². The van der Waals surface area contributed by atoms with E-state index in [9.17, 15) is 4.79 Å². The number of rotatable bonds is 5. The van der Waals surface area contributed by atoms with Crippen LogP contribution in [0.15, 0.2) is 60.7 Å². The first kappa shape index (κ1) is 16.8. The quantitative estimate of drug-likeness (QED) is 0.560. The highest BCUT2D eigenvalue weighted by Gasteiger charge is 2.28. The first-order valence-electron chi connectivity index (χ1n) is 9.00. The summed E-state index contributed by atoms with van der Waals surface area (Å²) in [5.41, 5.74) is 1.71. The molecule has 1 aliphatic carbocycles. The first-order valence-corrected chi connectivity index (χ1v) is 9.82. The van der Waals surface area contributed by atoms with Crippen molar-refractivity contribution in [2.45, 2.75) is 18.8 Å². The molecule has 4 aromatic rings. The third-order valence-corrected chi connectivity index (χ3v) is 5.43. The van der Waals surface area contributed by atoms with E-state index in [1.807, 2.05) is 60.7 Å². The van der Waals surface area contributed by atoms with Crippen LogP contribution in [0, 0.1) is 0 Å². The van der Waals surface area contributed by atoms with Crippen LogP contribution in [0.5, 0.6) is 0 Å². The van der Waals surface area contributed by atoms with E-state index in [4.69, 9.17) is 0 Å². The predicted molar refractivity (Wildman–Crippen MR) is 107 cm³/mol. The van der Waals surface area contributed by atoms with E-state index in [0.29, 0.717) is 16.9 Å². The SMILES string of the molecule is O=C(Nc1nnc(C2CC2)s1)c1nc(-c2ccccc2)n(-c2ccccc2)n1. The molecule has 5 rings (SSSR count). The Morgan fingerprint density at radius 2 is 1.71 bits per heavy atom. The number of carbonyl (C=O) groups is 1. The van der Waals surface area contributed by atoms with Crippen molar-refractivity contribution in [1.29, 1.82) is 0 Å². The van der Waals surface area contributed by atoms with Crippen LogP contribution >= 0.6 is 11.3 Å². The molecular formula is C20H16N6OS. The number of amides is 1. The minimum atomic E-state index is -0.398. The highest BCUT2D eigenvalue weighted by Crippen LogP contribution is 2.42. The number of para-hydroxylation sites is 1. The molecule has 8 heteroatoms. The molecule has 0 unspecified atom stereocenters. The van der Waals surface area contributed by atoms with Gasteiger partial charge in [-0.25, -0.2) is 9.67 Å². The molecule has 1 amide bonds. The van der Waals surface area contributed by atoms with Gasteiger partial charge < -0.3 is 0 Å². The van der Waals surface area contributed by atoms with Crippen LogP contribution in [0.1, 0.15) is 34.4 Å². The lowest BCUT2D eigenvalue weighted by atomic mass is 10.2. The van der Waals surface area contributed by atoms with Gasteiger partial charge >= 0.3 is 0 Å². The smallest absolute Gasteiger partial charge is 0.294 e. The number of nitrogens with one attached hydrogen (secondary N) is 1. The van der Waals surface area contributed by atoms with Gasteiger partial charge in [0.2, 0.25) is 11.0 Å². The van der Waals surface area contributed by atoms with Gasteiger partial charge in [0, 0.05) is 11.5 Å². The minimum Gasteiger partial charge on any atom is -0.294 e. The highest BCUT2D eigenvalue weighted by atomic mass is 32.1. The molecule has 2 aromatic heterocycles. The Balaban J connectivity index is 1.48. The standard InChI is InChI=1S/C20H16N6OS/c27-18(22-20-24-23-19(28-20)14-11-12-14)16-21-17(13-7-3-1-4-8-13)26(25-16)15-9-5-2-6-10-15/h1-10,14H,11-12H2,(H,22,24,27). The number of nitrogens with zero attached hydrogens (tertiary/aromatic N) is 5. The number of hydrogen-bond acceptors (Lipinski definition) is 6. The van der Waals surface area contributed by atoms with Gasteiger partial charge in [-0.05, 0) is 25.0 Å². The van der Waals surface area contributed by atoms with Crippen molar-refractivity contribution in [3.8, 4) is 17.1 Å². The van der Waals surface area contributed by atoms with E-state index in [1.165, 1.54) is 11.3 Å². The molecule has 1 saturated carbocycles. The zero-order chi connectivity index (χ0) is 18.9. The molecule has 0 spiro atoms. The van der Waals surface area contributed by atoms with Crippen LogP contribution in [0.4, 0.5) is 5.13 Å². The van der Waals surface area contributed by atoms with E-state index in [2.05, 4.69) is 25.6 Å². The van der Waals surface area contributed by atoms with Gasteiger partial charge in [0.05, 0.1) is 5.69 Å². The molecule has 28 heavy (non-hydrogen) atoms. The molecular weight excluding hydrogens is 372 g/mol. The maximum Gasteiger partial charge on any atom is 0.297 e. The fourth-order valence-corrected chi connectivity index (χ4v) is 3.77. The van der Waals surface area contributed by atoms with E-state index in [1.54, 1.807) is 4.68 Å². The zero-order valence-electron chi connectivity index (χ0n) is 14.8. The van der Waals surface area contributed by atoms with Gasteiger partial charge in [0.25, 0.3) is 5.91 Å². The summed E-state index contributed by atoms with van der Waals surface area (Å²) in [5.74, 6) is 0.798. The molecule has 138 valence electrons. The van der Waals surface area contributed by atoms with Gasteiger partial charge in [-0.1, -0.05) is 59.9 Å². The Kier molecular flexibility index (Phi) is 4.17. The summed E-state index contributed by atoms with van der Waals surface area (Å²) in [5, 5.41) is 16.9. The summed E-state index contributed by atoms with van der Waals surface area (Å²) in [6.45, 7) is 0. The van der Waals surface area contributed by atoms with Gasteiger partial charge in [-0.3, -0.25) is 10.1 Å². The Morgan fingerprint density at radius 1 is 1.00 bits per heavy atom. The van der Waals surface area contributed by atoms with Crippen LogP contribution < -0.4 is 5.32 Å². The van der Waals surface area contributed by atoms with Crippen molar-refractivity contribution in [2.24, 2.45) is 0 Å². The van der Waals surface area contributed by atoms with E-state index < -0.39 is 5.91 Å². The average molecular weight is 388 g/mol. The van der Waals surface area contributed by atoms with Gasteiger partial charge in [-0.15, -0.1) is 15.3 Å². The number of hydrogen-bond donors (Lipinski definition) is 1. The molecule has 0 aliphatic heterocycles. The van der Waals surface area contributed by atoms with Crippen LogP contribution in [-0.4, -0.2) is 30.9 Å². The topological polar surface area (TPSA) is 85.6 Å². The maximum absolute atomic E-state index is 12.7. The molecule has 0 bridgehead atoms. The van der Waals surface area contributed by atoms with Crippen molar-refractivity contribution >= 4 is 22.4 Å². The van der Waals surface area contributed by atoms with Crippen molar-refractivity contribution in [3.05, 3.63) is 71.5 Å². The fourth-order valence-electron chi connectivity index (χ4n) is 2.86. The first-order chi connectivity index (χ1) is 13.8. The predicted octanol–water partition coefficient (Wildman–Crippen LogP) is 3.92. The summed E-state index contributed by atoms with van der Waals surface area (Å²) in [7, 11) is 0. The van der Waals surface area contributed by atoms with Crippen LogP contribution in [0.3, 0.4) is 0 Å². The molecule has 1 N–H and O–H groups in total. The lowest BCUT2D eigenvalue weighted by Crippen LogP contribution is -2.14. The largest absolute Gasteiger partial charge is 0.297 e. The Bertz CT molecular complexity index is 1060. The Hall–Kier alpha value is -3.39. The molecule has 1 aliphatic rings. The Morgan fingerprint density at radius 3 is 2.43 bits per heavy atom. The summed E-state index contributed by atoms with van der Waals surface area (Å²) in [6.07, 6.45) is 2.29. The number of aromatic nitrogens is 5. The van der Waals surface area contributed by atoms with Crippen LogP contribution in [0.25, 0.3) is 17.1 Å². The highest BCUT2D eigenvalue weighted by molar-refractivity contribution is 7.15. The summed E-state index contributed by atoms with van der Waals surface area (Å²) in [6, 6.07) is 19.3. The maximum atomic E-state index is 12.7. The number of carbonyl (C=O) groups excluding carboxylic acids is 1. The van der Waals surface area contributed by atoms with E-state index in [0.717, 1.165) is 29.1 Å². The molecule has 2 heterocycles. The molecule has 2 aromatic carbocycles. The lowest BCUT2D eigenvalue weighted by Gasteiger charge is -2.05. The second-order valence-corrected chi connectivity index (χ2v) is 7.56. The molecule has 0 atom stereocenters. The van der Waals surface area contributed by atoms with Gasteiger partial charge in [0.1, 0.15) is 5.01 Å². The van der Waals surface area contributed by atoms with Crippen molar-refractivity contribution in [1.82, 2.24) is 25.0 Å². The van der Waals surface area contributed by atoms with Crippen molar-refractivity contribution in [2.75, 3.05) is 5.32 Å². The molecule has 0 radical (unpaired) electrons. The number of benzene rings is 2. The minimum absolute atomic E-state index is 0.0888. The average Bonchev–Trinajstić information content (AvgIpc) is 3.32. The molecule has 7 nitrogen and oxygen atoms in total. The van der Waals surface area contributed by atoms with Crippen LogP contribution in [0.2, 0.25) is 0 Å². The lowest BCUT2D eigenvalue weighted by molar-refractivity contribution is 0.101. The summed E-state index contributed by atoms with van der Waals surface area (Å²) < 4.78 is 1.68. The Labute approximate surface area is 165 Å². The number of anilines is 1. The monoisotopic (exact) mass is 388 g/mol. The molecule has 0 saturated heterocycles. The zero-order valence-corrected chi connectivity index (χ0v) is 15.6. The summed E-state index contributed by atoms with van der Waals surface area (Å²) in [4.78, 5) is 17.2. The second kappa shape index (κ2) is 6.97. The van der Waals surface area contributed by atoms with E-state index in [-0.39, 0.29) is 5.82 Å². The van der Waals surface area contributed by atoms with E-state index >= 15 is 0 Å². The third kappa shape index (κ3) is 3.29. The molecule has 1 fully saturated rings. The second-order valence-electron chi connectivity index (χ2n) is 6.55. The van der Waals surface area contributed by atoms with Crippen molar-refractivity contribution in [3.63, 3.8) is 0 Å². The normalized spacial score (nSPS) is 13.4. The van der Waals surface area contributed by atoms with Gasteiger partial charge in [0.15, 0.2) is 5.82 Å². The van der Waals surface area contributed by atoms with Crippen LogP contribution in [-0.2, 0) is 0 Å². The summed E-state index contributed by atoms with van der Waals surface area (Å²) >= 11 is 1.41. The third-order valence-electron chi connectivity index (χ3n) is 4.43. The fraction of sp³-hybridized carbons (Fsp3) is 0.150.